The molecule has 2 amide bonds. The molecule has 6 atom stereocenters. The van der Waals surface area contributed by atoms with E-state index in [0.717, 1.165) is 11.4 Å². The first-order chi connectivity index (χ1) is 13.0. The van der Waals surface area contributed by atoms with E-state index < -0.39 is 0 Å². The number of methoxy groups -OCH3 is 2. The summed E-state index contributed by atoms with van der Waals surface area (Å²) in [6, 6.07) is 3.29. The summed E-state index contributed by atoms with van der Waals surface area (Å²) in [5.41, 5.74) is 0.550. The highest BCUT2D eigenvalue weighted by molar-refractivity contribution is 6.33. The van der Waals surface area contributed by atoms with Crippen LogP contribution in [0.4, 0.5) is 0 Å². The van der Waals surface area contributed by atoms with E-state index in [1.807, 2.05) is 0 Å². The van der Waals surface area contributed by atoms with Gasteiger partial charge in [0.1, 0.15) is 0 Å². The lowest BCUT2D eigenvalue weighted by molar-refractivity contribution is -0.140. The first-order valence-electron chi connectivity index (χ1n) is 9.06. The minimum Gasteiger partial charge on any atom is -0.493 e. The van der Waals surface area contributed by atoms with E-state index in [1.54, 1.807) is 12.1 Å². The number of hydrogen-bond acceptors (Lipinski definition) is 5. The fourth-order valence-corrected chi connectivity index (χ4v) is 5.35. The molecule has 6 nitrogen and oxygen atoms in total. The number of hydrogen-bond donors (Lipinski definition) is 0. The lowest BCUT2D eigenvalue weighted by Gasteiger charge is -2.37. The molecule has 5 aliphatic rings. The normalized spacial score (nSPS) is 35.6. The van der Waals surface area contributed by atoms with Crippen molar-refractivity contribution in [3.05, 3.63) is 34.9 Å². The van der Waals surface area contributed by atoms with E-state index in [2.05, 4.69) is 17.3 Å². The van der Waals surface area contributed by atoms with Crippen LogP contribution in [0, 0.1) is 35.5 Å². The van der Waals surface area contributed by atoms with Gasteiger partial charge in [-0.3, -0.25) is 9.59 Å². The fraction of sp³-hybridized carbons (Fsp3) is 0.450. The van der Waals surface area contributed by atoms with Crippen LogP contribution in [-0.2, 0) is 9.59 Å². The summed E-state index contributed by atoms with van der Waals surface area (Å²) in [5, 5.41) is 5.65. The zero-order chi connectivity index (χ0) is 18.9. The van der Waals surface area contributed by atoms with Crippen molar-refractivity contribution in [1.82, 2.24) is 5.01 Å². The van der Waals surface area contributed by atoms with Crippen molar-refractivity contribution in [2.75, 3.05) is 14.2 Å². The van der Waals surface area contributed by atoms with Gasteiger partial charge in [-0.15, -0.1) is 0 Å². The van der Waals surface area contributed by atoms with Gasteiger partial charge < -0.3 is 9.47 Å². The molecule has 7 heteroatoms. The maximum absolute atomic E-state index is 12.9. The predicted octanol–water partition coefficient (Wildman–Crippen LogP) is 2.74. The van der Waals surface area contributed by atoms with Crippen molar-refractivity contribution in [2.45, 2.75) is 6.42 Å². The number of halogens is 1. The average Bonchev–Trinajstić information content (AvgIpc) is 3.46. The Labute approximate surface area is 161 Å². The van der Waals surface area contributed by atoms with Gasteiger partial charge in [0.25, 0.3) is 11.8 Å². The third kappa shape index (κ3) is 2.29. The summed E-state index contributed by atoms with van der Waals surface area (Å²) in [6.07, 6.45) is 6.86. The highest BCUT2D eigenvalue weighted by atomic mass is 35.5. The van der Waals surface area contributed by atoms with Crippen LogP contribution >= 0.6 is 11.6 Å². The smallest absolute Gasteiger partial charge is 0.254 e. The molecule has 0 aromatic heterocycles. The average molecular weight is 387 g/mol. The number of carbonyl (C=O) groups excluding carboxylic acids is 2. The maximum Gasteiger partial charge on any atom is 0.254 e. The zero-order valence-corrected chi connectivity index (χ0v) is 15.7. The summed E-state index contributed by atoms with van der Waals surface area (Å²) in [4.78, 5) is 25.8. The van der Waals surface area contributed by atoms with Gasteiger partial charge in [0.05, 0.1) is 37.3 Å². The van der Waals surface area contributed by atoms with Gasteiger partial charge in [0.15, 0.2) is 11.5 Å². The van der Waals surface area contributed by atoms with E-state index in [4.69, 9.17) is 21.1 Å². The van der Waals surface area contributed by atoms with Crippen LogP contribution in [0.2, 0.25) is 5.02 Å². The number of carbonyl (C=O) groups is 2. The van der Waals surface area contributed by atoms with Crippen molar-refractivity contribution in [3.63, 3.8) is 0 Å². The van der Waals surface area contributed by atoms with E-state index in [-0.39, 0.29) is 35.5 Å². The molecule has 3 fully saturated rings. The number of allylic oxidation sites excluding steroid dienone is 2. The molecular formula is C20H19ClN2O4. The molecule has 6 rings (SSSR count). The van der Waals surface area contributed by atoms with Crippen LogP contribution in [0.3, 0.4) is 0 Å². The minimum absolute atomic E-state index is 0.186. The van der Waals surface area contributed by atoms with Crippen LogP contribution in [0.5, 0.6) is 11.5 Å². The van der Waals surface area contributed by atoms with Crippen LogP contribution in [0.25, 0.3) is 0 Å². The molecule has 1 aromatic rings. The number of imide groups is 1. The third-order valence-corrected chi connectivity index (χ3v) is 6.78. The van der Waals surface area contributed by atoms with E-state index in [1.165, 1.54) is 20.4 Å². The lowest BCUT2D eigenvalue weighted by Crippen LogP contribution is -2.40. The Hall–Kier alpha value is -2.34. The van der Waals surface area contributed by atoms with Gasteiger partial charge in [0.2, 0.25) is 0 Å². The highest BCUT2D eigenvalue weighted by Gasteiger charge is 2.67. The lowest BCUT2D eigenvalue weighted by atomic mass is 9.63. The number of rotatable bonds is 4. The predicted molar refractivity (Wildman–Crippen MR) is 98.7 cm³/mol. The molecule has 0 spiro atoms. The molecule has 0 radical (unpaired) electrons. The second-order valence-corrected chi connectivity index (χ2v) is 8.02. The van der Waals surface area contributed by atoms with E-state index >= 15 is 0 Å². The Morgan fingerprint density at radius 3 is 2.15 bits per heavy atom. The Balaban J connectivity index is 1.44. The number of hydrazone groups is 1. The van der Waals surface area contributed by atoms with Gasteiger partial charge in [-0.1, -0.05) is 23.8 Å². The first-order valence-corrected chi connectivity index (χ1v) is 9.44. The molecule has 140 valence electrons. The van der Waals surface area contributed by atoms with Crippen molar-refractivity contribution >= 4 is 29.6 Å². The Bertz CT molecular complexity index is 875. The van der Waals surface area contributed by atoms with Crippen molar-refractivity contribution in [3.8, 4) is 11.5 Å². The molecule has 1 aliphatic heterocycles. The Morgan fingerprint density at radius 1 is 1.04 bits per heavy atom. The van der Waals surface area contributed by atoms with E-state index in [9.17, 15) is 9.59 Å². The van der Waals surface area contributed by atoms with Crippen molar-refractivity contribution in [2.24, 2.45) is 40.6 Å². The van der Waals surface area contributed by atoms with Gasteiger partial charge in [-0.25, -0.2) is 0 Å². The number of amides is 2. The molecule has 4 aliphatic carbocycles. The maximum atomic E-state index is 12.9. The number of nitrogens with zero attached hydrogens (tertiary/aromatic N) is 2. The highest BCUT2D eigenvalue weighted by Crippen LogP contribution is 2.65. The second kappa shape index (κ2) is 5.83. The zero-order valence-electron chi connectivity index (χ0n) is 15.0. The van der Waals surface area contributed by atoms with Gasteiger partial charge in [-0.2, -0.15) is 10.1 Å². The SMILES string of the molecule is COc1cc(Cl)c(/C=N\N2C(=O)[C@@H]3[C@H]4C=C[C@@H]([C@@H]5C[C@H]45)[C@@H]3C2=O)cc1OC. The Kier molecular flexibility index (Phi) is 3.63. The van der Waals surface area contributed by atoms with Crippen LogP contribution in [0.1, 0.15) is 12.0 Å². The van der Waals surface area contributed by atoms with Gasteiger partial charge in [0, 0.05) is 11.6 Å². The summed E-state index contributed by atoms with van der Waals surface area (Å²) in [7, 11) is 3.05. The standard InChI is InChI=1S/C20H19ClN2O4/c1-26-15-5-9(14(21)7-16(15)27-2)8-22-23-19(24)17-10-3-4-11(13-6-12(10)13)18(17)20(23)25/h3-5,7-8,10-13,17-18H,6H2,1-2H3/b22-8-/t10-,11-,12-,13+,17-,18+/m0/s1. The first kappa shape index (κ1) is 16.8. The van der Waals surface area contributed by atoms with E-state index in [0.29, 0.717) is 33.9 Å². The molecule has 27 heavy (non-hydrogen) atoms. The van der Waals surface area contributed by atoms with Crippen molar-refractivity contribution < 1.29 is 19.1 Å². The van der Waals surface area contributed by atoms with Crippen LogP contribution in [0.15, 0.2) is 29.4 Å². The fourth-order valence-electron chi connectivity index (χ4n) is 5.14. The van der Waals surface area contributed by atoms with Gasteiger partial charge in [-0.05, 0) is 36.2 Å². The molecule has 2 saturated carbocycles. The molecular weight excluding hydrogens is 368 g/mol. The number of benzene rings is 1. The van der Waals surface area contributed by atoms with Crippen LogP contribution < -0.4 is 9.47 Å². The summed E-state index contributed by atoms with van der Waals surface area (Å²) < 4.78 is 10.5. The van der Waals surface area contributed by atoms with Gasteiger partial charge >= 0.3 is 0 Å². The quantitative estimate of drug-likeness (QED) is 0.453. The molecule has 1 saturated heterocycles. The summed E-state index contributed by atoms with van der Waals surface area (Å²) in [5.74, 6) is 1.62. The molecule has 1 aromatic carbocycles. The molecule has 0 N–H and O–H groups in total. The molecule has 0 unspecified atom stereocenters. The van der Waals surface area contributed by atoms with Crippen molar-refractivity contribution in [1.29, 1.82) is 0 Å². The topological polar surface area (TPSA) is 68.2 Å². The summed E-state index contributed by atoms with van der Waals surface area (Å²) >= 11 is 6.27. The number of ether oxygens (including phenoxy) is 2. The Morgan fingerprint density at radius 2 is 1.59 bits per heavy atom. The minimum atomic E-state index is -0.255. The molecule has 2 bridgehead atoms. The third-order valence-electron chi connectivity index (χ3n) is 6.45. The molecule has 1 heterocycles. The second-order valence-electron chi connectivity index (χ2n) is 7.62. The summed E-state index contributed by atoms with van der Waals surface area (Å²) in [6.45, 7) is 0. The van der Waals surface area contributed by atoms with Crippen LogP contribution in [-0.4, -0.2) is 37.3 Å². The largest absolute Gasteiger partial charge is 0.493 e. The monoisotopic (exact) mass is 386 g/mol.